The van der Waals surface area contributed by atoms with Crippen molar-refractivity contribution in [1.82, 2.24) is 5.32 Å². The molecule has 0 aliphatic rings. The maximum Gasteiger partial charge on any atom is 0.411 e. The van der Waals surface area contributed by atoms with Gasteiger partial charge in [0.2, 0.25) is 0 Å². The van der Waals surface area contributed by atoms with Crippen LogP contribution in [0.4, 0.5) is 13.2 Å². The van der Waals surface area contributed by atoms with Crippen molar-refractivity contribution < 1.29 is 17.9 Å². The molecule has 20 heavy (non-hydrogen) atoms. The average molecular weight is 330 g/mol. The molecule has 7 heteroatoms. The Bertz CT molecular complexity index is 406. The SMILES string of the molecule is CCNC(COCC(F)(F)F)Cc1c(Cl)cccc1Cl. The highest BCUT2D eigenvalue weighted by molar-refractivity contribution is 6.35. The number of alkyl halides is 3. The lowest BCUT2D eigenvalue weighted by Crippen LogP contribution is -2.36. The number of hydrogen-bond donors (Lipinski definition) is 1. The minimum Gasteiger partial charge on any atom is -0.370 e. The van der Waals surface area contributed by atoms with Gasteiger partial charge in [-0.05, 0) is 30.7 Å². The average Bonchev–Trinajstić information content (AvgIpc) is 2.32. The summed E-state index contributed by atoms with van der Waals surface area (Å²) in [4.78, 5) is 0. The van der Waals surface area contributed by atoms with Gasteiger partial charge in [0.1, 0.15) is 6.61 Å². The van der Waals surface area contributed by atoms with E-state index in [1.807, 2.05) is 6.92 Å². The molecule has 1 N–H and O–H groups in total. The van der Waals surface area contributed by atoms with Crippen molar-refractivity contribution in [1.29, 1.82) is 0 Å². The van der Waals surface area contributed by atoms with Crippen LogP contribution in [-0.4, -0.2) is 32.0 Å². The minimum atomic E-state index is -4.32. The van der Waals surface area contributed by atoms with E-state index in [0.717, 1.165) is 0 Å². The van der Waals surface area contributed by atoms with Crippen LogP contribution in [0, 0.1) is 0 Å². The Balaban J connectivity index is 2.63. The molecule has 1 atom stereocenters. The van der Waals surface area contributed by atoms with Gasteiger partial charge in [-0.15, -0.1) is 0 Å². The Morgan fingerprint density at radius 2 is 1.85 bits per heavy atom. The van der Waals surface area contributed by atoms with Crippen LogP contribution >= 0.6 is 23.2 Å². The Labute approximate surface area is 126 Å². The summed E-state index contributed by atoms with van der Waals surface area (Å²) >= 11 is 12.1. The zero-order valence-corrected chi connectivity index (χ0v) is 12.4. The Morgan fingerprint density at radius 1 is 1.25 bits per heavy atom. The first-order chi connectivity index (χ1) is 9.33. The van der Waals surface area contributed by atoms with E-state index in [2.05, 4.69) is 5.32 Å². The smallest absolute Gasteiger partial charge is 0.370 e. The van der Waals surface area contributed by atoms with Crippen LogP contribution in [0.15, 0.2) is 18.2 Å². The number of ether oxygens (including phenoxy) is 1. The van der Waals surface area contributed by atoms with Crippen LogP contribution in [0.2, 0.25) is 10.0 Å². The highest BCUT2D eigenvalue weighted by Gasteiger charge is 2.28. The molecule has 0 saturated heterocycles. The third-order valence-electron chi connectivity index (χ3n) is 2.59. The molecule has 0 aliphatic carbocycles. The predicted octanol–water partition coefficient (Wildman–Crippen LogP) is 4.09. The van der Waals surface area contributed by atoms with E-state index in [1.54, 1.807) is 18.2 Å². The molecule has 0 spiro atoms. The Kier molecular flexibility index (Phi) is 7.09. The first-order valence-electron chi connectivity index (χ1n) is 6.14. The lowest BCUT2D eigenvalue weighted by Gasteiger charge is -2.20. The number of halogens is 5. The van der Waals surface area contributed by atoms with E-state index in [-0.39, 0.29) is 12.6 Å². The van der Waals surface area contributed by atoms with Crippen molar-refractivity contribution in [3.05, 3.63) is 33.8 Å². The van der Waals surface area contributed by atoms with Gasteiger partial charge in [-0.25, -0.2) is 0 Å². The molecule has 0 fully saturated rings. The molecule has 2 nitrogen and oxygen atoms in total. The summed E-state index contributed by atoms with van der Waals surface area (Å²) in [5.41, 5.74) is 0.706. The summed E-state index contributed by atoms with van der Waals surface area (Å²) in [5.74, 6) is 0. The van der Waals surface area contributed by atoms with Crippen LogP contribution in [0.3, 0.4) is 0 Å². The van der Waals surface area contributed by atoms with Gasteiger partial charge in [-0.3, -0.25) is 0 Å². The molecular weight excluding hydrogens is 314 g/mol. The van der Waals surface area contributed by atoms with Crippen molar-refractivity contribution in [2.24, 2.45) is 0 Å². The van der Waals surface area contributed by atoms with Gasteiger partial charge in [0.15, 0.2) is 0 Å². The molecule has 1 rings (SSSR count). The molecule has 0 radical (unpaired) electrons. The van der Waals surface area contributed by atoms with Crippen molar-refractivity contribution in [3.63, 3.8) is 0 Å². The van der Waals surface area contributed by atoms with E-state index in [0.29, 0.717) is 28.6 Å². The van der Waals surface area contributed by atoms with E-state index in [4.69, 9.17) is 27.9 Å². The maximum atomic E-state index is 12.1. The molecule has 0 saturated carbocycles. The number of nitrogens with one attached hydrogen (secondary N) is 1. The summed E-state index contributed by atoms with van der Waals surface area (Å²) in [7, 11) is 0. The zero-order chi connectivity index (χ0) is 15.2. The fourth-order valence-electron chi connectivity index (χ4n) is 1.77. The van der Waals surface area contributed by atoms with Crippen molar-refractivity contribution >= 4 is 23.2 Å². The fraction of sp³-hybridized carbons (Fsp3) is 0.538. The summed E-state index contributed by atoms with van der Waals surface area (Å²) in [6.45, 7) is 1.16. The van der Waals surface area contributed by atoms with Crippen LogP contribution < -0.4 is 5.32 Å². The van der Waals surface area contributed by atoms with Crippen LogP contribution in [0.5, 0.6) is 0 Å². The van der Waals surface area contributed by atoms with E-state index in [9.17, 15) is 13.2 Å². The second kappa shape index (κ2) is 8.08. The standard InChI is InChI=1S/C13H16Cl2F3NO/c1-2-19-9(7-20-8-13(16,17)18)6-10-11(14)4-3-5-12(10)15/h3-5,9,19H,2,6-8H2,1H3. The van der Waals surface area contributed by atoms with E-state index in [1.165, 1.54) is 0 Å². The largest absolute Gasteiger partial charge is 0.411 e. The maximum absolute atomic E-state index is 12.1. The summed E-state index contributed by atoms with van der Waals surface area (Å²) in [6.07, 6.45) is -3.91. The normalized spacial score (nSPS) is 13.5. The lowest BCUT2D eigenvalue weighted by atomic mass is 10.1. The molecular formula is C13H16Cl2F3NO. The molecule has 1 unspecified atom stereocenters. The number of likely N-dealkylation sites (N-methyl/N-ethyl adjacent to an activating group) is 1. The highest BCUT2D eigenvalue weighted by Crippen LogP contribution is 2.25. The van der Waals surface area contributed by atoms with Crippen LogP contribution in [0.1, 0.15) is 12.5 Å². The molecule has 0 aliphatic heterocycles. The molecule has 114 valence electrons. The Morgan fingerprint density at radius 3 is 2.35 bits per heavy atom. The second-order valence-corrected chi connectivity index (χ2v) is 5.10. The monoisotopic (exact) mass is 329 g/mol. The van der Waals surface area contributed by atoms with Crippen molar-refractivity contribution in [3.8, 4) is 0 Å². The van der Waals surface area contributed by atoms with E-state index >= 15 is 0 Å². The number of hydrogen-bond acceptors (Lipinski definition) is 2. The predicted molar refractivity (Wildman–Crippen MR) is 74.5 cm³/mol. The van der Waals surface area contributed by atoms with Gasteiger partial charge in [0, 0.05) is 16.1 Å². The van der Waals surface area contributed by atoms with Crippen LogP contribution in [0.25, 0.3) is 0 Å². The topological polar surface area (TPSA) is 21.3 Å². The lowest BCUT2D eigenvalue weighted by molar-refractivity contribution is -0.175. The second-order valence-electron chi connectivity index (χ2n) is 4.29. The summed E-state index contributed by atoms with van der Waals surface area (Å²) < 4.78 is 40.9. The highest BCUT2D eigenvalue weighted by atomic mass is 35.5. The first-order valence-corrected chi connectivity index (χ1v) is 6.90. The molecule has 1 aromatic carbocycles. The first kappa shape index (κ1) is 17.6. The summed E-state index contributed by atoms with van der Waals surface area (Å²) in [6, 6.07) is 4.83. The molecule has 0 heterocycles. The summed E-state index contributed by atoms with van der Waals surface area (Å²) in [5, 5.41) is 4.06. The third-order valence-corrected chi connectivity index (χ3v) is 3.30. The molecule has 0 aromatic heterocycles. The zero-order valence-electron chi connectivity index (χ0n) is 10.9. The third kappa shape index (κ3) is 6.31. The van der Waals surface area contributed by atoms with E-state index < -0.39 is 12.8 Å². The van der Waals surface area contributed by atoms with Gasteiger partial charge in [-0.1, -0.05) is 36.2 Å². The van der Waals surface area contributed by atoms with Gasteiger partial charge < -0.3 is 10.1 Å². The number of rotatable bonds is 7. The van der Waals surface area contributed by atoms with Gasteiger partial charge in [0.25, 0.3) is 0 Å². The van der Waals surface area contributed by atoms with Crippen LogP contribution in [-0.2, 0) is 11.2 Å². The van der Waals surface area contributed by atoms with Gasteiger partial charge in [0.05, 0.1) is 6.61 Å². The Hall–Kier alpha value is -0.490. The van der Waals surface area contributed by atoms with Gasteiger partial charge >= 0.3 is 6.18 Å². The van der Waals surface area contributed by atoms with Crippen molar-refractivity contribution in [2.45, 2.75) is 25.6 Å². The fourth-order valence-corrected chi connectivity index (χ4v) is 2.32. The minimum absolute atomic E-state index is 0.0606. The van der Waals surface area contributed by atoms with Crippen molar-refractivity contribution in [2.75, 3.05) is 19.8 Å². The van der Waals surface area contributed by atoms with Gasteiger partial charge in [-0.2, -0.15) is 13.2 Å². The molecule has 1 aromatic rings. The molecule has 0 bridgehead atoms. The quantitative estimate of drug-likeness (QED) is 0.813. The number of benzene rings is 1. The molecule has 0 amide bonds.